The van der Waals surface area contributed by atoms with E-state index in [2.05, 4.69) is 22.9 Å². The highest BCUT2D eigenvalue weighted by atomic mass is 32.1. The minimum Gasteiger partial charge on any atom is -0.355 e. The second-order valence-electron chi connectivity index (χ2n) is 3.13. The van der Waals surface area contributed by atoms with E-state index in [1.807, 2.05) is 25.1 Å². The molecular weight excluding hydrogens is 196 g/mol. The third-order valence-electron chi connectivity index (χ3n) is 1.92. The van der Waals surface area contributed by atoms with Gasteiger partial charge in [-0.3, -0.25) is 9.78 Å². The Balaban J connectivity index is 0.000000146. The largest absolute Gasteiger partial charge is 0.355 e. The van der Waals surface area contributed by atoms with Gasteiger partial charge in [-0.1, -0.05) is 13.0 Å². The average Bonchev–Trinajstić information content (AvgIpc) is 2.28. The summed E-state index contributed by atoms with van der Waals surface area (Å²) in [4.78, 5) is 14.1. The minimum absolute atomic E-state index is 0.190. The molecule has 1 aromatic heterocycles. The molecule has 0 radical (unpaired) electrons. The van der Waals surface area contributed by atoms with E-state index < -0.39 is 0 Å². The third-order valence-corrected chi connectivity index (χ3v) is 2.24. The second kappa shape index (κ2) is 5.65. The molecule has 4 heteroatoms. The first-order valence-electron chi connectivity index (χ1n) is 4.52. The van der Waals surface area contributed by atoms with Crippen molar-refractivity contribution in [1.29, 1.82) is 0 Å². The van der Waals surface area contributed by atoms with E-state index in [1.54, 1.807) is 6.20 Å². The molecule has 76 valence electrons. The molecule has 0 aromatic carbocycles. The zero-order valence-electron chi connectivity index (χ0n) is 8.10. The van der Waals surface area contributed by atoms with E-state index in [0.717, 1.165) is 18.0 Å². The monoisotopic (exact) mass is 210 g/mol. The molecule has 1 saturated heterocycles. The zero-order valence-corrected chi connectivity index (χ0v) is 9.00. The third kappa shape index (κ3) is 3.38. The van der Waals surface area contributed by atoms with Gasteiger partial charge in [-0.25, -0.2) is 0 Å². The van der Waals surface area contributed by atoms with Crippen LogP contribution in [0.2, 0.25) is 0 Å². The summed E-state index contributed by atoms with van der Waals surface area (Å²) in [6.07, 6.45) is 1.77. The van der Waals surface area contributed by atoms with E-state index in [-0.39, 0.29) is 11.8 Å². The first-order chi connectivity index (χ1) is 6.74. The predicted octanol–water partition coefficient (Wildman–Crippen LogP) is 1.26. The molecule has 0 bridgehead atoms. The molecule has 1 aliphatic heterocycles. The summed E-state index contributed by atoms with van der Waals surface area (Å²) >= 11 is 4.05. The number of amides is 1. The molecular formula is C10H14N2OS. The number of hydrogen-bond acceptors (Lipinski definition) is 3. The highest BCUT2D eigenvalue weighted by Crippen LogP contribution is 2.00. The summed E-state index contributed by atoms with van der Waals surface area (Å²) in [5, 5.41) is 2.62. The van der Waals surface area contributed by atoms with E-state index >= 15 is 0 Å². The maximum atomic E-state index is 10.1. The molecule has 0 saturated carbocycles. The predicted molar refractivity (Wildman–Crippen MR) is 59.1 cm³/mol. The Hall–Kier alpha value is -1.03. The molecule has 1 atom stereocenters. The van der Waals surface area contributed by atoms with Gasteiger partial charge in [0, 0.05) is 24.2 Å². The van der Waals surface area contributed by atoms with E-state index in [1.165, 1.54) is 0 Å². The molecule has 2 heterocycles. The summed E-state index contributed by atoms with van der Waals surface area (Å²) in [6, 6.07) is 5.80. The Morgan fingerprint density at radius 3 is 2.57 bits per heavy atom. The number of pyridine rings is 1. The quantitative estimate of drug-likeness (QED) is 0.541. The van der Waals surface area contributed by atoms with Gasteiger partial charge in [-0.05, 0) is 12.1 Å². The zero-order chi connectivity index (χ0) is 10.4. The van der Waals surface area contributed by atoms with Gasteiger partial charge in [0.15, 0.2) is 0 Å². The van der Waals surface area contributed by atoms with Crippen LogP contribution in [0.3, 0.4) is 0 Å². The summed E-state index contributed by atoms with van der Waals surface area (Å²) in [7, 11) is 0. The molecule has 0 spiro atoms. The van der Waals surface area contributed by atoms with Crippen LogP contribution in [0.5, 0.6) is 0 Å². The fraction of sp³-hybridized carbons (Fsp3) is 0.400. The summed E-state index contributed by atoms with van der Waals surface area (Å²) in [6.45, 7) is 2.79. The maximum Gasteiger partial charge on any atom is 0.224 e. The number of carbonyl (C=O) groups is 1. The number of hydrogen-bond donors (Lipinski definition) is 2. The molecule has 1 N–H and O–H groups in total. The molecule has 0 aliphatic carbocycles. The van der Waals surface area contributed by atoms with E-state index in [4.69, 9.17) is 0 Å². The molecule has 3 nitrogen and oxygen atoms in total. The molecule has 14 heavy (non-hydrogen) atoms. The van der Waals surface area contributed by atoms with Crippen LogP contribution in [0.4, 0.5) is 0 Å². The van der Waals surface area contributed by atoms with Gasteiger partial charge in [-0.2, -0.15) is 12.6 Å². The lowest BCUT2D eigenvalue weighted by atomic mass is 10.1. The number of nitrogens with one attached hydrogen (secondary N) is 1. The normalized spacial score (nSPS) is 18.7. The number of thiol groups is 1. The van der Waals surface area contributed by atoms with Crippen LogP contribution in [-0.2, 0) is 10.5 Å². The van der Waals surface area contributed by atoms with E-state index in [0.29, 0.717) is 0 Å². The highest BCUT2D eigenvalue weighted by molar-refractivity contribution is 7.79. The lowest BCUT2D eigenvalue weighted by Crippen LogP contribution is -2.46. The van der Waals surface area contributed by atoms with Crippen LogP contribution < -0.4 is 5.32 Å². The van der Waals surface area contributed by atoms with Crippen LogP contribution in [-0.4, -0.2) is 17.4 Å². The second-order valence-corrected chi connectivity index (χ2v) is 3.44. The Bertz CT molecular complexity index is 289. The van der Waals surface area contributed by atoms with Crippen LogP contribution in [0.15, 0.2) is 24.4 Å². The van der Waals surface area contributed by atoms with E-state index in [9.17, 15) is 4.79 Å². The van der Waals surface area contributed by atoms with Crippen molar-refractivity contribution in [1.82, 2.24) is 10.3 Å². The van der Waals surface area contributed by atoms with Crippen LogP contribution in [0.1, 0.15) is 12.6 Å². The van der Waals surface area contributed by atoms with Crippen molar-refractivity contribution in [3.63, 3.8) is 0 Å². The SMILES string of the molecule is C[C@H]1CNC1=O.SCc1ccccn1. The molecule has 1 amide bonds. The molecule has 1 aliphatic rings. The molecule has 1 fully saturated rings. The van der Waals surface area contributed by atoms with Crippen molar-refractivity contribution in [3.05, 3.63) is 30.1 Å². The first-order valence-corrected chi connectivity index (χ1v) is 5.15. The Morgan fingerprint density at radius 1 is 1.64 bits per heavy atom. The fourth-order valence-electron chi connectivity index (χ4n) is 0.881. The van der Waals surface area contributed by atoms with Crippen LogP contribution in [0, 0.1) is 5.92 Å². The van der Waals surface area contributed by atoms with Crippen LogP contribution >= 0.6 is 12.6 Å². The van der Waals surface area contributed by atoms with Gasteiger partial charge in [0.25, 0.3) is 0 Å². The molecule has 1 aromatic rings. The van der Waals surface area contributed by atoms with Gasteiger partial charge < -0.3 is 5.32 Å². The standard InChI is InChI=1S/C6H7NS.C4H7NO/c8-5-6-3-1-2-4-7-6;1-3-2-5-4(3)6/h1-4,8H,5H2;3H,2H2,1H3,(H,5,6)/t;3-/m.0/s1. The smallest absolute Gasteiger partial charge is 0.224 e. The van der Waals surface area contributed by atoms with Gasteiger partial charge in [0.05, 0.1) is 5.92 Å². The van der Waals surface area contributed by atoms with Gasteiger partial charge >= 0.3 is 0 Å². The lowest BCUT2D eigenvalue weighted by Gasteiger charge is -2.20. The first kappa shape index (κ1) is 11.0. The van der Waals surface area contributed by atoms with Crippen molar-refractivity contribution >= 4 is 18.5 Å². The van der Waals surface area contributed by atoms with Gasteiger partial charge in [0.2, 0.25) is 5.91 Å². The Labute approximate surface area is 89.3 Å². The molecule has 0 unspecified atom stereocenters. The Kier molecular flexibility index (Phi) is 4.46. The number of rotatable bonds is 1. The van der Waals surface area contributed by atoms with Crippen molar-refractivity contribution < 1.29 is 4.79 Å². The van der Waals surface area contributed by atoms with Crippen molar-refractivity contribution in [2.45, 2.75) is 12.7 Å². The van der Waals surface area contributed by atoms with Gasteiger partial charge in [-0.15, -0.1) is 0 Å². The number of nitrogens with zero attached hydrogens (tertiary/aromatic N) is 1. The average molecular weight is 210 g/mol. The lowest BCUT2D eigenvalue weighted by molar-refractivity contribution is -0.130. The van der Waals surface area contributed by atoms with Crippen molar-refractivity contribution in [2.24, 2.45) is 5.92 Å². The number of aromatic nitrogens is 1. The minimum atomic E-state index is 0.190. The van der Waals surface area contributed by atoms with Crippen molar-refractivity contribution in [2.75, 3.05) is 6.54 Å². The summed E-state index contributed by atoms with van der Waals surface area (Å²) < 4.78 is 0. The summed E-state index contributed by atoms with van der Waals surface area (Å²) in [5.74, 6) is 1.20. The maximum absolute atomic E-state index is 10.1. The van der Waals surface area contributed by atoms with Crippen LogP contribution in [0.25, 0.3) is 0 Å². The topological polar surface area (TPSA) is 42.0 Å². The Morgan fingerprint density at radius 2 is 2.36 bits per heavy atom. The summed E-state index contributed by atoms with van der Waals surface area (Å²) in [5.41, 5.74) is 1.02. The van der Waals surface area contributed by atoms with Crippen molar-refractivity contribution in [3.8, 4) is 0 Å². The fourth-order valence-corrected chi connectivity index (χ4v) is 1.07. The number of β-lactam (4-membered cyclic amide) rings is 1. The highest BCUT2D eigenvalue weighted by Gasteiger charge is 2.20. The molecule has 2 rings (SSSR count). The van der Waals surface area contributed by atoms with Gasteiger partial charge in [0.1, 0.15) is 0 Å². The number of carbonyl (C=O) groups excluding carboxylic acids is 1.